The number of anilines is 1. The van der Waals surface area contributed by atoms with Gasteiger partial charge < -0.3 is 19.2 Å². The Morgan fingerprint density at radius 1 is 1.00 bits per heavy atom. The Kier molecular flexibility index (Phi) is 4.63. The summed E-state index contributed by atoms with van der Waals surface area (Å²) in [4.78, 5) is 7.63. The number of benzene rings is 2. The summed E-state index contributed by atoms with van der Waals surface area (Å²) in [6, 6.07) is 11.4. The lowest BCUT2D eigenvalue weighted by Gasteiger charge is -2.12. The van der Waals surface area contributed by atoms with Gasteiger partial charge in [-0.15, -0.1) is 10.2 Å². The summed E-state index contributed by atoms with van der Waals surface area (Å²) < 4.78 is 16.0. The first-order valence-electron chi connectivity index (χ1n) is 8.43. The van der Waals surface area contributed by atoms with Crippen LogP contribution in [0.5, 0.6) is 17.2 Å². The highest BCUT2D eigenvalue weighted by Crippen LogP contribution is 2.37. The minimum Gasteiger partial charge on any atom is -0.493 e. The zero-order valence-corrected chi connectivity index (χ0v) is 15.6. The van der Waals surface area contributed by atoms with Crippen LogP contribution in [0.15, 0.2) is 41.5 Å². The Balaban J connectivity index is 1.58. The fourth-order valence-corrected chi connectivity index (χ4v) is 2.91. The van der Waals surface area contributed by atoms with Crippen LogP contribution in [0.2, 0.25) is 0 Å². The van der Waals surface area contributed by atoms with Crippen molar-refractivity contribution in [2.45, 2.75) is 0 Å². The molecule has 4 aromatic rings. The standard InChI is InChI=1S/C19H18N6O3/c1-26-14-8-11(9-15(27-2)17(14)28-3)10-20-24-19-22-18-16(23-25-19)12-6-4-5-7-13(12)21-18/h4-10H,1-3H3,(H2,21,22,24,25)/b20-10+. The highest BCUT2D eigenvalue weighted by Gasteiger charge is 2.12. The molecule has 0 saturated heterocycles. The summed E-state index contributed by atoms with van der Waals surface area (Å²) in [6.07, 6.45) is 1.60. The molecule has 28 heavy (non-hydrogen) atoms. The molecular weight excluding hydrogens is 360 g/mol. The number of rotatable bonds is 6. The van der Waals surface area contributed by atoms with Gasteiger partial charge in [-0.25, -0.2) is 5.43 Å². The lowest BCUT2D eigenvalue weighted by molar-refractivity contribution is 0.324. The molecule has 0 aliphatic heterocycles. The first kappa shape index (κ1) is 17.5. The van der Waals surface area contributed by atoms with E-state index in [0.717, 1.165) is 22.0 Å². The molecule has 0 saturated carbocycles. The van der Waals surface area contributed by atoms with Gasteiger partial charge in [0.25, 0.3) is 5.95 Å². The minimum absolute atomic E-state index is 0.280. The number of H-pyrrole nitrogens is 1. The summed E-state index contributed by atoms with van der Waals surface area (Å²) in [5.41, 5.74) is 5.85. The second-order valence-electron chi connectivity index (χ2n) is 5.83. The number of methoxy groups -OCH3 is 3. The zero-order valence-electron chi connectivity index (χ0n) is 15.6. The Hall–Kier alpha value is -3.88. The number of aromatic amines is 1. The number of nitrogens with one attached hydrogen (secondary N) is 2. The molecule has 0 aliphatic rings. The summed E-state index contributed by atoms with van der Waals surface area (Å²) in [7, 11) is 4.68. The Morgan fingerprint density at radius 2 is 1.75 bits per heavy atom. The van der Waals surface area contributed by atoms with Gasteiger partial charge in [-0.3, -0.25) is 0 Å². The van der Waals surface area contributed by atoms with Crippen LogP contribution in [0.1, 0.15) is 5.56 Å². The van der Waals surface area contributed by atoms with E-state index in [0.29, 0.717) is 22.9 Å². The fraction of sp³-hybridized carbons (Fsp3) is 0.158. The molecule has 0 atom stereocenters. The molecule has 2 aromatic carbocycles. The van der Waals surface area contributed by atoms with E-state index in [1.165, 1.54) is 0 Å². The predicted octanol–water partition coefficient (Wildman–Crippen LogP) is 2.98. The molecule has 142 valence electrons. The normalized spacial score (nSPS) is 11.2. The van der Waals surface area contributed by atoms with E-state index >= 15 is 0 Å². The molecule has 2 N–H and O–H groups in total. The van der Waals surface area contributed by atoms with Gasteiger partial charge in [0.15, 0.2) is 17.1 Å². The summed E-state index contributed by atoms with van der Waals surface area (Å²) in [5, 5.41) is 13.5. The number of fused-ring (bicyclic) bond motifs is 3. The Bertz CT molecular complexity index is 1150. The van der Waals surface area contributed by atoms with Crippen LogP contribution in [0, 0.1) is 0 Å². The average molecular weight is 378 g/mol. The van der Waals surface area contributed by atoms with Gasteiger partial charge in [-0.1, -0.05) is 18.2 Å². The molecule has 0 aliphatic carbocycles. The van der Waals surface area contributed by atoms with E-state index in [4.69, 9.17) is 14.2 Å². The summed E-state index contributed by atoms with van der Waals surface area (Å²) >= 11 is 0. The lowest BCUT2D eigenvalue weighted by atomic mass is 10.2. The predicted molar refractivity (Wildman–Crippen MR) is 107 cm³/mol. The molecular formula is C19H18N6O3. The second-order valence-corrected chi connectivity index (χ2v) is 5.83. The molecule has 4 rings (SSSR count). The van der Waals surface area contributed by atoms with Crippen LogP contribution in [0.25, 0.3) is 22.1 Å². The zero-order chi connectivity index (χ0) is 19.5. The van der Waals surface area contributed by atoms with Gasteiger partial charge in [0.2, 0.25) is 5.75 Å². The first-order chi connectivity index (χ1) is 13.7. The van der Waals surface area contributed by atoms with E-state index in [2.05, 4.69) is 30.7 Å². The summed E-state index contributed by atoms with van der Waals surface area (Å²) in [5.74, 6) is 1.89. The number of hydrazone groups is 1. The third-order valence-electron chi connectivity index (χ3n) is 4.19. The van der Waals surface area contributed by atoms with Gasteiger partial charge in [0.05, 0.1) is 27.5 Å². The van der Waals surface area contributed by atoms with Crippen molar-refractivity contribution in [3.05, 3.63) is 42.0 Å². The second kappa shape index (κ2) is 7.39. The van der Waals surface area contributed by atoms with Crippen molar-refractivity contribution in [3.63, 3.8) is 0 Å². The molecule has 0 bridgehead atoms. The van der Waals surface area contributed by atoms with Crippen molar-refractivity contribution in [1.29, 1.82) is 0 Å². The quantitative estimate of drug-likeness (QED) is 0.392. The van der Waals surface area contributed by atoms with Crippen LogP contribution in [-0.4, -0.2) is 47.7 Å². The average Bonchev–Trinajstić information content (AvgIpc) is 3.10. The van der Waals surface area contributed by atoms with Crippen LogP contribution in [0.4, 0.5) is 5.95 Å². The SMILES string of the molecule is COc1cc(/C=N/Nc2nnc3c(n2)[nH]c2ccccc23)cc(OC)c1OC. The topological polar surface area (TPSA) is 107 Å². The van der Waals surface area contributed by atoms with E-state index in [-0.39, 0.29) is 5.95 Å². The van der Waals surface area contributed by atoms with Gasteiger partial charge in [0.1, 0.15) is 5.52 Å². The molecule has 2 heterocycles. The number of nitrogens with zero attached hydrogens (tertiary/aromatic N) is 4. The third kappa shape index (κ3) is 3.13. The van der Waals surface area contributed by atoms with E-state index in [1.54, 1.807) is 39.7 Å². The van der Waals surface area contributed by atoms with Gasteiger partial charge >= 0.3 is 0 Å². The molecule has 0 amide bonds. The van der Waals surface area contributed by atoms with Gasteiger partial charge in [0, 0.05) is 16.5 Å². The van der Waals surface area contributed by atoms with Crippen LogP contribution < -0.4 is 19.6 Å². The third-order valence-corrected chi connectivity index (χ3v) is 4.19. The molecule has 9 heteroatoms. The van der Waals surface area contributed by atoms with Crippen LogP contribution in [0.3, 0.4) is 0 Å². The van der Waals surface area contributed by atoms with Crippen molar-refractivity contribution < 1.29 is 14.2 Å². The highest BCUT2D eigenvalue weighted by molar-refractivity contribution is 6.03. The molecule has 9 nitrogen and oxygen atoms in total. The van der Waals surface area contributed by atoms with Crippen molar-refractivity contribution in [1.82, 2.24) is 20.2 Å². The molecule has 0 fully saturated rings. The Labute approximate surface area is 160 Å². The van der Waals surface area contributed by atoms with Crippen molar-refractivity contribution in [2.75, 3.05) is 26.8 Å². The lowest BCUT2D eigenvalue weighted by Crippen LogP contribution is -2.00. The smallest absolute Gasteiger partial charge is 0.265 e. The van der Waals surface area contributed by atoms with Crippen molar-refractivity contribution >= 4 is 34.2 Å². The van der Waals surface area contributed by atoms with E-state index < -0.39 is 0 Å². The minimum atomic E-state index is 0.280. The monoisotopic (exact) mass is 378 g/mol. The largest absolute Gasteiger partial charge is 0.493 e. The van der Waals surface area contributed by atoms with Gasteiger partial charge in [-0.2, -0.15) is 10.1 Å². The Morgan fingerprint density at radius 3 is 2.46 bits per heavy atom. The molecule has 2 aromatic heterocycles. The molecule has 0 spiro atoms. The first-order valence-corrected chi connectivity index (χ1v) is 8.43. The van der Waals surface area contributed by atoms with Crippen molar-refractivity contribution in [3.8, 4) is 17.2 Å². The van der Waals surface area contributed by atoms with Crippen LogP contribution >= 0.6 is 0 Å². The number of para-hydroxylation sites is 1. The maximum atomic E-state index is 5.34. The highest BCUT2D eigenvalue weighted by atomic mass is 16.5. The van der Waals surface area contributed by atoms with E-state index in [1.807, 2.05) is 24.3 Å². The molecule has 0 radical (unpaired) electrons. The molecule has 0 unspecified atom stereocenters. The van der Waals surface area contributed by atoms with Gasteiger partial charge in [-0.05, 0) is 18.2 Å². The maximum Gasteiger partial charge on any atom is 0.265 e. The van der Waals surface area contributed by atoms with Crippen molar-refractivity contribution in [2.24, 2.45) is 5.10 Å². The number of hydrogen-bond donors (Lipinski definition) is 2. The number of aromatic nitrogens is 4. The number of ether oxygens (including phenoxy) is 3. The number of hydrogen-bond acceptors (Lipinski definition) is 8. The fourth-order valence-electron chi connectivity index (χ4n) is 2.91. The summed E-state index contributed by atoms with van der Waals surface area (Å²) in [6.45, 7) is 0. The van der Waals surface area contributed by atoms with E-state index in [9.17, 15) is 0 Å². The maximum absolute atomic E-state index is 5.34. The van der Waals surface area contributed by atoms with Crippen LogP contribution in [-0.2, 0) is 0 Å².